The third-order valence-electron chi connectivity index (χ3n) is 2.53. The Morgan fingerprint density at radius 1 is 0.824 bits per heavy atom. The fraction of sp³-hybridized carbons (Fsp3) is 0. The van der Waals surface area contributed by atoms with Crippen LogP contribution in [0, 0.1) is 0 Å². The van der Waals surface area contributed by atoms with Crippen LogP contribution in [-0.2, 0) is 0 Å². The van der Waals surface area contributed by atoms with E-state index in [0.717, 1.165) is 22.6 Å². The van der Waals surface area contributed by atoms with Crippen molar-refractivity contribution in [3.05, 3.63) is 60.0 Å². The van der Waals surface area contributed by atoms with Gasteiger partial charge in [0.1, 0.15) is 17.8 Å². The normalized spacial score (nSPS) is 10.6. The quantitative estimate of drug-likeness (QED) is 0.643. The Hall–Kier alpha value is -1.93. The van der Waals surface area contributed by atoms with Gasteiger partial charge in [-0.3, -0.25) is 0 Å². The lowest BCUT2D eigenvalue weighted by molar-refractivity contribution is 0.569. The molecule has 0 radical (unpaired) electrons. The molecule has 0 amide bonds. The molecule has 0 atom stereocenters. The highest BCUT2D eigenvalue weighted by molar-refractivity contribution is 6.30. The molecule has 1 aromatic carbocycles. The van der Waals surface area contributed by atoms with E-state index in [2.05, 4.69) is 0 Å². The Bertz CT molecular complexity index is 606. The molecule has 3 aromatic rings. The fourth-order valence-electron chi connectivity index (χ4n) is 1.67. The number of furan rings is 2. The molecule has 2 heterocycles. The van der Waals surface area contributed by atoms with E-state index in [1.165, 1.54) is 0 Å². The summed E-state index contributed by atoms with van der Waals surface area (Å²) < 4.78 is 10.8. The van der Waals surface area contributed by atoms with Gasteiger partial charge in [-0.25, -0.2) is 0 Å². The van der Waals surface area contributed by atoms with E-state index in [1.54, 1.807) is 12.5 Å². The maximum Gasteiger partial charge on any atom is 0.137 e. The van der Waals surface area contributed by atoms with Crippen molar-refractivity contribution < 1.29 is 8.83 Å². The van der Waals surface area contributed by atoms with Gasteiger partial charge in [-0.15, -0.1) is 0 Å². The van der Waals surface area contributed by atoms with Crippen molar-refractivity contribution in [1.82, 2.24) is 0 Å². The van der Waals surface area contributed by atoms with Crippen LogP contribution >= 0.6 is 11.6 Å². The van der Waals surface area contributed by atoms with Crippen LogP contribution in [0.25, 0.3) is 22.6 Å². The summed E-state index contributed by atoms with van der Waals surface area (Å²) in [5.74, 6) is 1.60. The van der Waals surface area contributed by atoms with Crippen LogP contribution in [0.2, 0.25) is 5.02 Å². The Kier molecular flexibility index (Phi) is 2.50. The molecule has 0 aliphatic heterocycles. The van der Waals surface area contributed by atoms with Crippen molar-refractivity contribution in [3.63, 3.8) is 0 Å². The highest BCUT2D eigenvalue weighted by Gasteiger charge is 2.07. The van der Waals surface area contributed by atoms with Gasteiger partial charge in [-0.1, -0.05) is 11.6 Å². The molecule has 84 valence electrons. The summed E-state index contributed by atoms with van der Waals surface area (Å²) in [7, 11) is 0. The first-order valence-electron chi connectivity index (χ1n) is 5.21. The third kappa shape index (κ3) is 1.99. The molecule has 0 saturated carbocycles. The van der Waals surface area contributed by atoms with Crippen molar-refractivity contribution in [1.29, 1.82) is 0 Å². The highest BCUT2D eigenvalue weighted by atomic mass is 35.5. The molecule has 0 aliphatic carbocycles. The van der Waals surface area contributed by atoms with Gasteiger partial charge in [-0.2, -0.15) is 0 Å². The van der Waals surface area contributed by atoms with Crippen LogP contribution in [0.4, 0.5) is 0 Å². The van der Waals surface area contributed by atoms with E-state index in [4.69, 9.17) is 20.4 Å². The molecule has 17 heavy (non-hydrogen) atoms. The van der Waals surface area contributed by atoms with Crippen LogP contribution in [-0.4, -0.2) is 0 Å². The number of rotatable bonds is 2. The lowest BCUT2D eigenvalue weighted by Gasteiger charge is -1.95. The standard InChI is InChI=1S/C14H9ClO2/c15-12-5-3-10(4-6-12)14-8-11(9-17-14)13-2-1-7-16-13/h1-9H. The molecule has 0 bridgehead atoms. The molecule has 0 saturated heterocycles. The Morgan fingerprint density at radius 2 is 1.65 bits per heavy atom. The minimum absolute atomic E-state index is 0.714. The molecule has 0 aliphatic rings. The highest BCUT2D eigenvalue weighted by Crippen LogP contribution is 2.29. The Labute approximate surface area is 103 Å². The molecule has 2 aromatic heterocycles. The molecule has 2 nitrogen and oxygen atoms in total. The van der Waals surface area contributed by atoms with Crippen molar-refractivity contribution in [2.45, 2.75) is 0 Å². The Balaban J connectivity index is 1.98. The van der Waals surface area contributed by atoms with Gasteiger partial charge in [0.15, 0.2) is 0 Å². The van der Waals surface area contributed by atoms with E-state index in [-0.39, 0.29) is 0 Å². The zero-order valence-electron chi connectivity index (χ0n) is 8.89. The summed E-state index contributed by atoms with van der Waals surface area (Å²) in [6.07, 6.45) is 3.33. The third-order valence-corrected chi connectivity index (χ3v) is 2.79. The summed E-state index contributed by atoms with van der Waals surface area (Å²) in [4.78, 5) is 0. The average Bonchev–Trinajstić information content (AvgIpc) is 3.00. The van der Waals surface area contributed by atoms with E-state index in [0.29, 0.717) is 5.02 Å². The summed E-state index contributed by atoms with van der Waals surface area (Å²) in [5, 5.41) is 0.714. The molecular formula is C14H9ClO2. The smallest absolute Gasteiger partial charge is 0.137 e. The topological polar surface area (TPSA) is 26.3 Å². The van der Waals surface area contributed by atoms with Crippen LogP contribution in [0.1, 0.15) is 0 Å². The second-order valence-electron chi connectivity index (χ2n) is 3.68. The molecule has 0 spiro atoms. The summed E-state index contributed by atoms with van der Waals surface area (Å²) in [5.41, 5.74) is 1.92. The van der Waals surface area contributed by atoms with Gasteiger partial charge in [0.25, 0.3) is 0 Å². The van der Waals surface area contributed by atoms with E-state index in [1.807, 2.05) is 42.5 Å². The van der Waals surface area contributed by atoms with Gasteiger partial charge >= 0.3 is 0 Å². The monoisotopic (exact) mass is 244 g/mol. The first-order valence-corrected chi connectivity index (χ1v) is 5.59. The lowest BCUT2D eigenvalue weighted by Crippen LogP contribution is -1.72. The van der Waals surface area contributed by atoms with Gasteiger partial charge in [0.05, 0.1) is 11.8 Å². The van der Waals surface area contributed by atoms with Crippen LogP contribution in [0.15, 0.2) is 63.8 Å². The average molecular weight is 245 g/mol. The zero-order valence-corrected chi connectivity index (χ0v) is 9.65. The maximum absolute atomic E-state index is 5.84. The summed E-state index contributed by atoms with van der Waals surface area (Å²) in [6, 6.07) is 13.2. The first kappa shape index (κ1) is 10.2. The summed E-state index contributed by atoms with van der Waals surface area (Å²) >= 11 is 5.84. The van der Waals surface area contributed by atoms with Gasteiger partial charge in [-0.05, 0) is 42.5 Å². The van der Waals surface area contributed by atoms with Gasteiger partial charge < -0.3 is 8.83 Å². The molecule has 3 rings (SSSR count). The second kappa shape index (κ2) is 4.15. The van der Waals surface area contributed by atoms with Crippen LogP contribution in [0.5, 0.6) is 0 Å². The first-order chi connectivity index (χ1) is 8.33. The summed E-state index contributed by atoms with van der Waals surface area (Å²) in [6.45, 7) is 0. The second-order valence-corrected chi connectivity index (χ2v) is 4.12. The van der Waals surface area contributed by atoms with Crippen molar-refractivity contribution in [2.75, 3.05) is 0 Å². The number of halogens is 1. The SMILES string of the molecule is Clc1ccc(-c2cc(-c3ccco3)co2)cc1. The molecule has 0 fully saturated rings. The van der Waals surface area contributed by atoms with Crippen molar-refractivity contribution in [2.24, 2.45) is 0 Å². The van der Waals surface area contributed by atoms with E-state index in [9.17, 15) is 0 Å². The van der Waals surface area contributed by atoms with Crippen LogP contribution in [0.3, 0.4) is 0 Å². The maximum atomic E-state index is 5.84. The molecule has 3 heteroatoms. The lowest BCUT2D eigenvalue weighted by atomic mass is 10.1. The minimum Gasteiger partial charge on any atom is -0.464 e. The number of hydrogen-bond donors (Lipinski definition) is 0. The Morgan fingerprint density at radius 3 is 2.35 bits per heavy atom. The predicted octanol–water partition coefficient (Wildman–Crippen LogP) is 4.86. The number of hydrogen-bond acceptors (Lipinski definition) is 2. The van der Waals surface area contributed by atoms with Gasteiger partial charge in [0, 0.05) is 10.6 Å². The van der Waals surface area contributed by atoms with Gasteiger partial charge in [0.2, 0.25) is 0 Å². The van der Waals surface area contributed by atoms with E-state index < -0.39 is 0 Å². The zero-order chi connectivity index (χ0) is 11.7. The fourth-order valence-corrected chi connectivity index (χ4v) is 1.80. The van der Waals surface area contributed by atoms with Crippen molar-refractivity contribution in [3.8, 4) is 22.6 Å². The van der Waals surface area contributed by atoms with Crippen molar-refractivity contribution >= 4 is 11.6 Å². The molecule has 0 unspecified atom stereocenters. The molecular weight excluding hydrogens is 236 g/mol. The minimum atomic E-state index is 0.714. The predicted molar refractivity (Wildman–Crippen MR) is 66.9 cm³/mol. The molecule has 0 N–H and O–H groups in total. The van der Waals surface area contributed by atoms with Crippen LogP contribution < -0.4 is 0 Å². The van der Waals surface area contributed by atoms with E-state index >= 15 is 0 Å². The largest absolute Gasteiger partial charge is 0.464 e. The number of benzene rings is 1.